The third kappa shape index (κ3) is 2.32. The maximum Gasteiger partial charge on any atom is 0.195 e. The number of thiazole rings is 1. The van der Waals surface area contributed by atoms with Crippen molar-refractivity contribution in [2.24, 2.45) is 0 Å². The Hall–Kier alpha value is -1.95. The first-order valence-corrected chi connectivity index (χ1v) is 9.45. The van der Waals surface area contributed by atoms with Gasteiger partial charge in [-0.2, -0.15) is 0 Å². The SMILES string of the molecule is Cc1cc(-c2c(C)sc3nc(-c4cccs4)c(C=O)n23)ccc1Cl. The average Bonchev–Trinajstić information content (AvgIpc) is 3.24. The van der Waals surface area contributed by atoms with E-state index in [1.807, 2.05) is 41.0 Å². The quantitative estimate of drug-likeness (QED) is 0.421. The van der Waals surface area contributed by atoms with Crippen molar-refractivity contribution >= 4 is 45.5 Å². The number of benzene rings is 1. The van der Waals surface area contributed by atoms with Crippen LogP contribution in [0.4, 0.5) is 0 Å². The first kappa shape index (κ1) is 15.6. The van der Waals surface area contributed by atoms with E-state index in [1.165, 1.54) is 0 Å². The standard InChI is InChI=1S/C18H13ClN2OS2/c1-10-8-12(5-6-13(10)19)17-11(2)24-18-20-16(14(9-22)21(17)18)15-4-3-7-23-15/h3-9H,1-2H3. The minimum Gasteiger partial charge on any atom is -0.296 e. The summed E-state index contributed by atoms with van der Waals surface area (Å²) >= 11 is 9.34. The van der Waals surface area contributed by atoms with Crippen LogP contribution in [0.5, 0.6) is 0 Å². The number of fused-ring (bicyclic) bond motifs is 1. The molecule has 4 aromatic rings. The number of carbonyl (C=O) groups excluding carboxylic acids is 1. The summed E-state index contributed by atoms with van der Waals surface area (Å²) in [6.07, 6.45) is 0.896. The van der Waals surface area contributed by atoms with Gasteiger partial charge in [0.25, 0.3) is 0 Å². The molecule has 0 unspecified atom stereocenters. The Kier molecular flexibility index (Phi) is 3.79. The van der Waals surface area contributed by atoms with E-state index in [1.54, 1.807) is 22.7 Å². The Labute approximate surface area is 152 Å². The van der Waals surface area contributed by atoms with Crippen molar-refractivity contribution < 1.29 is 4.79 Å². The van der Waals surface area contributed by atoms with Crippen LogP contribution in [0.15, 0.2) is 35.7 Å². The highest BCUT2D eigenvalue weighted by Gasteiger charge is 2.21. The van der Waals surface area contributed by atoms with Gasteiger partial charge in [0.1, 0.15) is 11.4 Å². The molecule has 4 rings (SSSR count). The van der Waals surface area contributed by atoms with Crippen LogP contribution < -0.4 is 0 Å². The first-order valence-electron chi connectivity index (χ1n) is 7.37. The zero-order chi connectivity index (χ0) is 16.8. The summed E-state index contributed by atoms with van der Waals surface area (Å²) in [6.45, 7) is 4.04. The highest BCUT2D eigenvalue weighted by Crippen LogP contribution is 2.37. The van der Waals surface area contributed by atoms with Gasteiger partial charge in [0, 0.05) is 15.5 Å². The molecule has 0 saturated heterocycles. The second-order valence-corrected chi connectivity index (χ2v) is 8.07. The third-order valence-corrected chi connectivity index (χ3v) is 6.24. The summed E-state index contributed by atoms with van der Waals surface area (Å²) < 4.78 is 1.96. The summed E-state index contributed by atoms with van der Waals surface area (Å²) in [5.74, 6) is 0. The van der Waals surface area contributed by atoms with E-state index < -0.39 is 0 Å². The number of nitrogens with zero attached hydrogens (tertiary/aromatic N) is 2. The lowest BCUT2D eigenvalue weighted by atomic mass is 10.1. The lowest BCUT2D eigenvalue weighted by Crippen LogP contribution is -1.95. The molecule has 0 fully saturated rings. The van der Waals surface area contributed by atoms with Crippen molar-refractivity contribution in [1.82, 2.24) is 9.38 Å². The van der Waals surface area contributed by atoms with Gasteiger partial charge in [-0.1, -0.05) is 23.7 Å². The Morgan fingerprint density at radius 3 is 2.75 bits per heavy atom. The molecular weight excluding hydrogens is 360 g/mol. The predicted octanol–water partition coefficient (Wildman–Crippen LogP) is 5.87. The summed E-state index contributed by atoms with van der Waals surface area (Å²) in [5, 5.41) is 2.73. The van der Waals surface area contributed by atoms with Crippen LogP contribution in [0.1, 0.15) is 20.9 Å². The van der Waals surface area contributed by atoms with E-state index >= 15 is 0 Å². The molecule has 24 heavy (non-hydrogen) atoms. The number of hydrogen-bond acceptors (Lipinski definition) is 4. The minimum absolute atomic E-state index is 0.597. The smallest absolute Gasteiger partial charge is 0.195 e. The molecule has 0 amide bonds. The zero-order valence-corrected chi connectivity index (χ0v) is 15.4. The summed E-state index contributed by atoms with van der Waals surface area (Å²) in [7, 11) is 0. The summed E-state index contributed by atoms with van der Waals surface area (Å²) in [6, 6.07) is 9.89. The van der Waals surface area contributed by atoms with Crippen molar-refractivity contribution in [2.75, 3.05) is 0 Å². The van der Waals surface area contributed by atoms with Gasteiger partial charge in [0.05, 0.1) is 10.6 Å². The number of hydrogen-bond donors (Lipinski definition) is 0. The van der Waals surface area contributed by atoms with Gasteiger partial charge in [0.15, 0.2) is 11.2 Å². The normalized spacial score (nSPS) is 11.3. The van der Waals surface area contributed by atoms with Crippen LogP contribution in [0, 0.1) is 13.8 Å². The topological polar surface area (TPSA) is 34.4 Å². The highest BCUT2D eigenvalue weighted by atomic mass is 35.5. The Morgan fingerprint density at radius 2 is 2.08 bits per heavy atom. The molecule has 0 atom stereocenters. The number of carbonyl (C=O) groups is 1. The number of aldehydes is 1. The van der Waals surface area contributed by atoms with Crippen molar-refractivity contribution in [2.45, 2.75) is 13.8 Å². The van der Waals surface area contributed by atoms with E-state index in [9.17, 15) is 4.79 Å². The number of halogens is 1. The van der Waals surface area contributed by atoms with Gasteiger partial charge < -0.3 is 0 Å². The minimum atomic E-state index is 0.597. The number of aryl methyl sites for hydroxylation is 2. The van der Waals surface area contributed by atoms with Crippen molar-refractivity contribution in [3.63, 3.8) is 0 Å². The number of rotatable bonds is 3. The molecule has 0 spiro atoms. The Bertz CT molecular complexity index is 1060. The van der Waals surface area contributed by atoms with Crippen LogP contribution >= 0.6 is 34.3 Å². The van der Waals surface area contributed by atoms with Gasteiger partial charge in [-0.25, -0.2) is 4.98 Å². The molecule has 0 aliphatic carbocycles. The summed E-state index contributed by atoms with van der Waals surface area (Å²) in [5.41, 5.74) is 4.41. The third-order valence-electron chi connectivity index (χ3n) is 3.98. The maximum absolute atomic E-state index is 11.8. The van der Waals surface area contributed by atoms with Gasteiger partial charge in [-0.05, 0) is 43.0 Å². The maximum atomic E-state index is 11.8. The fourth-order valence-corrected chi connectivity index (χ4v) is 4.70. The Morgan fingerprint density at radius 1 is 1.25 bits per heavy atom. The second-order valence-electron chi connectivity index (χ2n) is 5.53. The molecule has 0 N–H and O–H groups in total. The van der Waals surface area contributed by atoms with Crippen LogP contribution in [0.2, 0.25) is 5.02 Å². The van der Waals surface area contributed by atoms with Crippen molar-refractivity contribution in [3.8, 4) is 21.8 Å². The molecule has 0 aliphatic rings. The molecule has 0 saturated carbocycles. The summed E-state index contributed by atoms with van der Waals surface area (Å²) in [4.78, 5) is 19.5. The van der Waals surface area contributed by atoms with Crippen molar-refractivity contribution in [1.29, 1.82) is 0 Å². The molecule has 0 aliphatic heterocycles. The second kappa shape index (κ2) is 5.84. The molecule has 0 radical (unpaired) electrons. The lowest BCUT2D eigenvalue weighted by Gasteiger charge is -2.06. The van der Waals surface area contributed by atoms with E-state index in [-0.39, 0.29) is 0 Å². The van der Waals surface area contributed by atoms with Gasteiger partial charge in [0.2, 0.25) is 0 Å². The predicted molar refractivity (Wildman–Crippen MR) is 102 cm³/mol. The molecule has 3 heterocycles. The average molecular weight is 373 g/mol. The molecule has 0 bridgehead atoms. The number of aromatic nitrogens is 2. The first-order chi connectivity index (χ1) is 11.6. The van der Waals surface area contributed by atoms with Crippen LogP contribution in [-0.2, 0) is 0 Å². The molecule has 3 nitrogen and oxygen atoms in total. The van der Waals surface area contributed by atoms with E-state index in [0.717, 1.165) is 48.5 Å². The monoisotopic (exact) mass is 372 g/mol. The fourth-order valence-electron chi connectivity index (χ4n) is 2.87. The van der Waals surface area contributed by atoms with Crippen LogP contribution in [0.25, 0.3) is 26.8 Å². The van der Waals surface area contributed by atoms with Gasteiger partial charge in [-0.3, -0.25) is 9.20 Å². The van der Waals surface area contributed by atoms with Crippen LogP contribution in [0.3, 0.4) is 0 Å². The van der Waals surface area contributed by atoms with Crippen LogP contribution in [-0.4, -0.2) is 15.7 Å². The molecule has 6 heteroatoms. The fraction of sp³-hybridized carbons (Fsp3) is 0.111. The lowest BCUT2D eigenvalue weighted by molar-refractivity contribution is 0.111. The molecule has 3 aromatic heterocycles. The number of thiophene rings is 1. The molecular formula is C18H13ClN2OS2. The van der Waals surface area contributed by atoms with Gasteiger partial charge >= 0.3 is 0 Å². The highest BCUT2D eigenvalue weighted by molar-refractivity contribution is 7.17. The van der Waals surface area contributed by atoms with E-state index in [4.69, 9.17) is 16.6 Å². The van der Waals surface area contributed by atoms with E-state index in [2.05, 4.69) is 13.0 Å². The zero-order valence-electron chi connectivity index (χ0n) is 13.0. The number of imidazole rings is 1. The molecule has 120 valence electrons. The Balaban J connectivity index is 2.03. The van der Waals surface area contributed by atoms with Gasteiger partial charge in [-0.15, -0.1) is 22.7 Å². The molecule has 1 aromatic carbocycles. The largest absolute Gasteiger partial charge is 0.296 e. The van der Waals surface area contributed by atoms with E-state index in [0.29, 0.717) is 5.69 Å². The van der Waals surface area contributed by atoms with Crippen molar-refractivity contribution in [3.05, 3.63) is 56.9 Å².